The van der Waals surface area contributed by atoms with Crippen molar-refractivity contribution in [3.8, 4) is 0 Å². The number of ether oxygens (including phenoxy) is 1. The lowest BCUT2D eigenvalue weighted by atomic mass is 10.4. The van der Waals surface area contributed by atoms with E-state index in [0.717, 1.165) is 23.2 Å². The first-order valence-corrected chi connectivity index (χ1v) is 8.98. The summed E-state index contributed by atoms with van der Waals surface area (Å²) >= 11 is 4.45. The Morgan fingerprint density at radius 3 is 2.67 bits per heavy atom. The SMILES string of the molecule is CCCCOCCCNS(=O)(=O)c1ccc(Br)s1. The first-order chi connectivity index (χ1) is 8.56. The van der Waals surface area contributed by atoms with Crippen molar-refractivity contribution < 1.29 is 13.2 Å². The van der Waals surface area contributed by atoms with E-state index in [1.54, 1.807) is 12.1 Å². The van der Waals surface area contributed by atoms with E-state index in [1.807, 2.05) is 0 Å². The molecule has 18 heavy (non-hydrogen) atoms. The summed E-state index contributed by atoms with van der Waals surface area (Å²) in [7, 11) is -3.35. The number of hydrogen-bond acceptors (Lipinski definition) is 4. The summed E-state index contributed by atoms with van der Waals surface area (Å²) in [6.07, 6.45) is 2.85. The van der Waals surface area contributed by atoms with Crippen molar-refractivity contribution in [1.29, 1.82) is 0 Å². The van der Waals surface area contributed by atoms with Crippen LogP contribution in [0.2, 0.25) is 0 Å². The Labute approximate surface area is 121 Å². The third-order valence-corrected chi connectivity index (χ3v) is 5.79. The highest BCUT2D eigenvalue weighted by Crippen LogP contribution is 2.25. The molecule has 1 aromatic heterocycles. The van der Waals surface area contributed by atoms with Gasteiger partial charge in [-0.1, -0.05) is 13.3 Å². The van der Waals surface area contributed by atoms with Crippen LogP contribution in [0.15, 0.2) is 20.1 Å². The second kappa shape index (κ2) is 8.27. The van der Waals surface area contributed by atoms with E-state index in [4.69, 9.17) is 4.74 Å². The molecule has 0 bridgehead atoms. The van der Waals surface area contributed by atoms with Crippen LogP contribution in [0.4, 0.5) is 0 Å². The molecule has 0 atom stereocenters. The van der Waals surface area contributed by atoms with Crippen LogP contribution >= 0.6 is 27.3 Å². The molecule has 0 fully saturated rings. The summed E-state index contributed by atoms with van der Waals surface area (Å²) in [6.45, 7) is 3.86. The van der Waals surface area contributed by atoms with Crippen LogP contribution in [0.1, 0.15) is 26.2 Å². The highest BCUT2D eigenvalue weighted by molar-refractivity contribution is 9.11. The monoisotopic (exact) mass is 355 g/mol. The quantitative estimate of drug-likeness (QED) is 0.692. The van der Waals surface area contributed by atoms with Crippen LogP contribution in [0.25, 0.3) is 0 Å². The summed E-state index contributed by atoms with van der Waals surface area (Å²) in [4.78, 5) is 0. The first-order valence-electron chi connectivity index (χ1n) is 5.89. The van der Waals surface area contributed by atoms with Gasteiger partial charge in [0.2, 0.25) is 10.0 Å². The average Bonchev–Trinajstić information content (AvgIpc) is 2.75. The summed E-state index contributed by atoms with van der Waals surface area (Å²) < 4.78 is 32.7. The number of rotatable bonds is 9. The van der Waals surface area contributed by atoms with Crippen molar-refractivity contribution in [2.24, 2.45) is 0 Å². The van der Waals surface area contributed by atoms with E-state index in [0.29, 0.717) is 23.8 Å². The van der Waals surface area contributed by atoms with Gasteiger partial charge in [0, 0.05) is 19.8 Å². The third kappa shape index (κ3) is 5.79. The van der Waals surface area contributed by atoms with Gasteiger partial charge in [-0.25, -0.2) is 13.1 Å². The van der Waals surface area contributed by atoms with Crippen molar-refractivity contribution in [1.82, 2.24) is 4.72 Å². The molecule has 0 aromatic carbocycles. The Balaban J connectivity index is 2.22. The summed E-state index contributed by atoms with van der Waals surface area (Å²) in [5, 5.41) is 0. The Hall–Kier alpha value is 0.0500. The summed E-state index contributed by atoms with van der Waals surface area (Å²) in [5.41, 5.74) is 0. The van der Waals surface area contributed by atoms with Gasteiger partial charge in [0.1, 0.15) is 4.21 Å². The van der Waals surface area contributed by atoms with Gasteiger partial charge in [-0.3, -0.25) is 0 Å². The first kappa shape index (κ1) is 16.1. The van der Waals surface area contributed by atoms with E-state index < -0.39 is 10.0 Å². The van der Waals surface area contributed by atoms with Crippen LogP contribution in [-0.4, -0.2) is 28.2 Å². The second-order valence-electron chi connectivity index (χ2n) is 3.78. The van der Waals surface area contributed by atoms with Gasteiger partial charge in [-0.2, -0.15) is 0 Å². The summed E-state index contributed by atoms with van der Waals surface area (Å²) in [6, 6.07) is 3.32. The van der Waals surface area contributed by atoms with E-state index >= 15 is 0 Å². The lowest BCUT2D eigenvalue weighted by molar-refractivity contribution is 0.130. The van der Waals surface area contributed by atoms with Crippen molar-refractivity contribution in [3.05, 3.63) is 15.9 Å². The maximum Gasteiger partial charge on any atom is 0.250 e. The van der Waals surface area contributed by atoms with Crippen LogP contribution in [0.3, 0.4) is 0 Å². The molecule has 1 heterocycles. The Morgan fingerprint density at radius 2 is 2.06 bits per heavy atom. The molecule has 0 aliphatic carbocycles. The fourth-order valence-electron chi connectivity index (χ4n) is 1.24. The number of hydrogen-bond donors (Lipinski definition) is 1. The molecule has 0 aliphatic rings. The Bertz CT molecular complexity index is 445. The minimum Gasteiger partial charge on any atom is -0.381 e. The maximum absolute atomic E-state index is 11.8. The topological polar surface area (TPSA) is 55.4 Å². The normalized spacial score (nSPS) is 11.9. The Kier molecular flexibility index (Phi) is 7.40. The molecule has 0 amide bonds. The molecule has 1 aromatic rings. The molecule has 0 spiro atoms. The molecule has 1 N–H and O–H groups in total. The fraction of sp³-hybridized carbons (Fsp3) is 0.636. The summed E-state index contributed by atoms with van der Waals surface area (Å²) in [5.74, 6) is 0. The lowest BCUT2D eigenvalue weighted by Crippen LogP contribution is -2.24. The number of thiophene rings is 1. The molecular weight excluding hydrogens is 338 g/mol. The molecule has 0 saturated carbocycles. The molecule has 0 saturated heterocycles. The largest absolute Gasteiger partial charge is 0.381 e. The van der Waals surface area contributed by atoms with E-state index in [2.05, 4.69) is 27.6 Å². The maximum atomic E-state index is 11.8. The number of nitrogens with one attached hydrogen (secondary N) is 1. The van der Waals surface area contributed by atoms with Crippen molar-refractivity contribution >= 4 is 37.3 Å². The van der Waals surface area contributed by atoms with Crippen LogP contribution < -0.4 is 4.72 Å². The van der Waals surface area contributed by atoms with Gasteiger partial charge < -0.3 is 4.74 Å². The average molecular weight is 356 g/mol. The molecule has 0 aliphatic heterocycles. The molecule has 7 heteroatoms. The number of sulfonamides is 1. The standard InChI is InChI=1S/C11H18BrNO3S2/c1-2-3-8-16-9-4-7-13-18(14,15)11-6-5-10(12)17-11/h5-6,13H,2-4,7-9H2,1H3. The van der Waals surface area contributed by atoms with Crippen molar-refractivity contribution in [2.75, 3.05) is 19.8 Å². The minimum absolute atomic E-state index is 0.335. The van der Waals surface area contributed by atoms with E-state index in [9.17, 15) is 8.42 Å². The molecule has 104 valence electrons. The third-order valence-electron chi connectivity index (χ3n) is 2.21. The van der Waals surface area contributed by atoms with Gasteiger partial charge in [-0.15, -0.1) is 11.3 Å². The highest BCUT2D eigenvalue weighted by Gasteiger charge is 2.15. The van der Waals surface area contributed by atoms with Crippen molar-refractivity contribution in [2.45, 2.75) is 30.4 Å². The van der Waals surface area contributed by atoms with Gasteiger partial charge in [0.25, 0.3) is 0 Å². The lowest BCUT2D eigenvalue weighted by Gasteiger charge is -2.05. The Morgan fingerprint density at radius 1 is 1.33 bits per heavy atom. The van der Waals surface area contributed by atoms with Gasteiger partial charge in [0.05, 0.1) is 3.79 Å². The number of halogens is 1. The zero-order valence-corrected chi connectivity index (χ0v) is 13.5. The number of unbranched alkanes of at least 4 members (excludes halogenated alkanes) is 1. The molecule has 1 rings (SSSR count). The van der Waals surface area contributed by atoms with E-state index in [-0.39, 0.29) is 0 Å². The molecule has 0 radical (unpaired) electrons. The molecular formula is C11H18BrNO3S2. The van der Waals surface area contributed by atoms with Gasteiger partial charge >= 0.3 is 0 Å². The van der Waals surface area contributed by atoms with E-state index in [1.165, 1.54) is 11.3 Å². The van der Waals surface area contributed by atoms with Crippen LogP contribution in [0, 0.1) is 0 Å². The van der Waals surface area contributed by atoms with Gasteiger partial charge in [0.15, 0.2) is 0 Å². The van der Waals surface area contributed by atoms with Gasteiger partial charge in [-0.05, 0) is 40.9 Å². The minimum atomic E-state index is -3.35. The zero-order valence-electron chi connectivity index (χ0n) is 10.3. The fourth-order valence-corrected chi connectivity index (χ4v) is 4.37. The van der Waals surface area contributed by atoms with Crippen molar-refractivity contribution in [3.63, 3.8) is 0 Å². The van der Waals surface area contributed by atoms with Crippen LogP contribution in [-0.2, 0) is 14.8 Å². The highest BCUT2D eigenvalue weighted by atomic mass is 79.9. The molecule has 4 nitrogen and oxygen atoms in total. The predicted octanol–water partition coefficient (Wildman–Crippen LogP) is 3.00. The van der Waals surface area contributed by atoms with Crippen LogP contribution in [0.5, 0.6) is 0 Å². The zero-order chi connectivity index (χ0) is 13.4. The second-order valence-corrected chi connectivity index (χ2v) is 8.23. The molecule has 0 unspecified atom stereocenters. The predicted molar refractivity (Wildman–Crippen MR) is 77.6 cm³/mol. The smallest absolute Gasteiger partial charge is 0.250 e.